The van der Waals surface area contributed by atoms with Crippen molar-refractivity contribution in [3.63, 3.8) is 0 Å². The number of rotatable bonds is 0. The van der Waals surface area contributed by atoms with E-state index in [2.05, 4.69) is 55.4 Å². The van der Waals surface area contributed by atoms with Crippen molar-refractivity contribution >= 4 is 16.4 Å². The second-order valence-corrected chi connectivity index (χ2v) is 5.86. The van der Waals surface area contributed by atoms with Gasteiger partial charge in [-0.25, -0.2) is 0 Å². The molecule has 102 valence electrons. The molecule has 0 saturated heterocycles. The molecule has 0 aliphatic heterocycles. The van der Waals surface area contributed by atoms with Gasteiger partial charge >= 0.3 is 0 Å². The third-order valence-corrected chi connectivity index (χ3v) is 3.39. The molecule has 2 heterocycles. The number of imidazole rings is 1. The van der Waals surface area contributed by atoms with Gasteiger partial charge in [-0.1, -0.05) is 26.3 Å². The van der Waals surface area contributed by atoms with Crippen LogP contribution in [0.2, 0.25) is 0 Å². The van der Waals surface area contributed by atoms with E-state index in [1.54, 1.807) is 0 Å². The van der Waals surface area contributed by atoms with Crippen LogP contribution < -0.4 is 0 Å². The normalized spacial score (nSPS) is 11.8. The van der Waals surface area contributed by atoms with E-state index in [0.717, 1.165) is 11.0 Å². The molecule has 0 N–H and O–H groups in total. The van der Waals surface area contributed by atoms with Crippen molar-refractivity contribution in [2.45, 2.75) is 33.1 Å². The van der Waals surface area contributed by atoms with Crippen LogP contribution in [0.25, 0.3) is 16.4 Å². The molecule has 1 aromatic carbocycles. The summed E-state index contributed by atoms with van der Waals surface area (Å²) in [5.41, 5.74) is 3.59. The summed E-state index contributed by atoms with van der Waals surface area (Å²) in [6.45, 7) is 8.78. The predicted octanol–water partition coefficient (Wildman–Crippen LogP) is 3.89. The zero-order chi connectivity index (χ0) is 12.9. The van der Waals surface area contributed by atoms with Gasteiger partial charge < -0.3 is 4.40 Å². The predicted molar refractivity (Wildman–Crippen MR) is 75.0 cm³/mol. The topological polar surface area (TPSA) is 17.3 Å². The minimum absolute atomic E-state index is 0. The maximum atomic E-state index is 4.59. The largest absolute Gasteiger partial charge is 0.344 e. The van der Waals surface area contributed by atoms with Crippen LogP contribution in [0.3, 0.4) is 0 Å². The van der Waals surface area contributed by atoms with Crippen LogP contribution in [0, 0.1) is 13.0 Å². The van der Waals surface area contributed by atoms with Crippen molar-refractivity contribution in [2.24, 2.45) is 0 Å². The van der Waals surface area contributed by atoms with E-state index >= 15 is 0 Å². The van der Waals surface area contributed by atoms with E-state index in [0.29, 0.717) is 0 Å². The van der Waals surface area contributed by atoms with Gasteiger partial charge in [-0.15, -0.1) is 35.0 Å². The Kier molecular flexibility index (Phi) is 3.57. The molecule has 0 atom stereocenters. The molecular weight excluding hydrogens is 415 g/mol. The molecule has 0 radical (unpaired) electrons. The van der Waals surface area contributed by atoms with Crippen LogP contribution in [0.1, 0.15) is 32.0 Å². The molecule has 3 rings (SSSR count). The molecule has 3 aromatic rings. The molecule has 0 bridgehead atoms. The molecule has 3 heteroatoms. The van der Waals surface area contributed by atoms with E-state index in [-0.39, 0.29) is 26.5 Å². The average molecular weight is 432 g/mol. The molecule has 0 amide bonds. The summed E-state index contributed by atoms with van der Waals surface area (Å²) in [5.74, 6) is 0. The SMILES string of the molecule is Cc1cn2c(C(C)(C)C)cnc2c2[c-]cccc12.[Pt]. The second-order valence-electron chi connectivity index (χ2n) is 5.86. The molecular formula is C16H17N2Pt-. The summed E-state index contributed by atoms with van der Waals surface area (Å²) in [6.07, 6.45) is 4.16. The molecule has 2 aromatic heterocycles. The summed E-state index contributed by atoms with van der Waals surface area (Å²) in [4.78, 5) is 4.59. The number of hydrogen-bond donors (Lipinski definition) is 0. The van der Waals surface area contributed by atoms with Gasteiger partial charge in [-0.05, 0) is 13.1 Å². The summed E-state index contributed by atoms with van der Waals surface area (Å²) >= 11 is 0. The fraction of sp³-hybridized carbons (Fsp3) is 0.312. The van der Waals surface area contributed by atoms with Crippen molar-refractivity contribution in [2.75, 3.05) is 0 Å². The summed E-state index contributed by atoms with van der Waals surface area (Å²) in [5, 5.41) is 2.34. The van der Waals surface area contributed by atoms with Gasteiger partial charge in [-0.2, -0.15) is 0 Å². The standard InChI is InChI=1S/C16H17N2.Pt/c1-11-10-18-14(16(2,3)4)9-17-15(18)13-8-6-5-7-12(11)13;/h5-7,9-10H,1-4H3;/q-1;. The van der Waals surface area contributed by atoms with Crippen molar-refractivity contribution in [1.29, 1.82) is 0 Å². The maximum absolute atomic E-state index is 4.59. The number of fused-ring (bicyclic) bond motifs is 3. The number of pyridine rings is 1. The Bertz CT molecular complexity index is 735. The molecule has 0 saturated carbocycles. The van der Waals surface area contributed by atoms with Crippen LogP contribution in [0.5, 0.6) is 0 Å². The molecule has 2 nitrogen and oxygen atoms in total. The first-order valence-corrected chi connectivity index (χ1v) is 6.26. The number of benzene rings is 1. The Morgan fingerprint density at radius 1 is 1.26 bits per heavy atom. The zero-order valence-corrected chi connectivity index (χ0v) is 13.9. The number of aromatic nitrogens is 2. The van der Waals surface area contributed by atoms with Crippen molar-refractivity contribution in [3.8, 4) is 0 Å². The van der Waals surface area contributed by atoms with Crippen LogP contribution >= 0.6 is 0 Å². The average Bonchev–Trinajstić information content (AvgIpc) is 2.73. The molecule has 0 spiro atoms. The molecule has 0 fully saturated rings. The van der Waals surface area contributed by atoms with Gasteiger partial charge in [0.25, 0.3) is 0 Å². The first-order valence-electron chi connectivity index (χ1n) is 6.26. The smallest absolute Gasteiger partial charge is 0.0606 e. The first kappa shape index (κ1) is 14.3. The third-order valence-electron chi connectivity index (χ3n) is 3.39. The van der Waals surface area contributed by atoms with Gasteiger partial charge in [0.15, 0.2) is 0 Å². The Balaban J connectivity index is 0.00000133. The number of aryl methyl sites for hydroxylation is 1. The fourth-order valence-electron chi connectivity index (χ4n) is 2.45. The van der Waals surface area contributed by atoms with Crippen LogP contribution in [0.15, 0.2) is 30.6 Å². The Morgan fingerprint density at radius 3 is 2.68 bits per heavy atom. The van der Waals surface area contributed by atoms with Crippen molar-refractivity contribution in [3.05, 3.63) is 47.9 Å². The summed E-state index contributed by atoms with van der Waals surface area (Å²) in [6, 6.07) is 9.43. The van der Waals surface area contributed by atoms with E-state index in [4.69, 9.17) is 0 Å². The first-order chi connectivity index (χ1) is 8.48. The Hall–Kier alpha value is -1.14. The Morgan fingerprint density at radius 2 is 2.00 bits per heavy atom. The van der Waals surface area contributed by atoms with E-state index < -0.39 is 0 Å². The second kappa shape index (κ2) is 4.76. The van der Waals surface area contributed by atoms with Gasteiger partial charge in [0.05, 0.1) is 5.65 Å². The van der Waals surface area contributed by atoms with Crippen molar-refractivity contribution < 1.29 is 21.1 Å². The van der Waals surface area contributed by atoms with Crippen molar-refractivity contribution in [1.82, 2.24) is 9.38 Å². The van der Waals surface area contributed by atoms with E-state index in [1.807, 2.05) is 18.3 Å². The fourth-order valence-corrected chi connectivity index (χ4v) is 2.45. The van der Waals surface area contributed by atoms with Gasteiger partial charge in [0.1, 0.15) is 0 Å². The van der Waals surface area contributed by atoms with Crippen LogP contribution in [0.4, 0.5) is 0 Å². The van der Waals surface area contributed by atoms with E-state index in [1.165, 1.54) is 16.6 Å². The summed E-state index contributed by atoms with van der Waals surface area (Å²) in [7, 11) is 0. The zero-order valence-electron chi connectivity index (χ0n) is 11.6. The van der Waals surface area contributed by atoms with Gasteiger partial charge in [-0.3, -0.25) is 4.98 Å². The minimum Gasteiger partial charge on any atom is -0.344 e. The quantitative estimate of drug-likeness (QED) is 0.493. The van der Waals surface area contributed by atoms with Gasteiger partial charge in [0.2, 0.25) is 0 Å². The minimum atomic E-state index is 0. The molecule has 0 unspecified atom stereocenters. The Labute approximate surface area is 128 Å². The number of hydrogen-bond acceptors (Lipinski definition) is 1. The third kappa shape index (κ3) is 2.23. The molecule has 19 heavy (non-hydrogen) atoms. The molecule has 0 aliphatic carbocycles. The van der Waals surface area contributed by atoms with Gasteiger partial charge in [0, 0.05) is 38.4 Å². The van der Waals surface area contributed by atoms with Crippen LogP contribution in [-0.2, 0) is 26.5 Å². The summed E-state index contributed by atoms with van der Waals surface area (Å²) < 4.78 is 2.20. The van der Waals surface area contributed by atoms with Crippen LogP contribution in [-0.4, -0.2) is 9.38 Å². The monoisotopic (exact) mass is 432 g/mol. The molecule has 0 aliphatic rings. The van der Waals surface area contributed by atoms with E-state index in [9.17, 15) is 0 Å². The number of nitrogens with zero attached hydrogens (tertiary/aromatic N) is 2. The maximum Gasteiger partial charge on any atom is 0.0606 e.